The fourth-order valence-corrected chi connectivity index (χ4v) is 1.73. The predicted octanol–water partition coefficient (Wildman–Crippen LogP) is 2.74. The highest BCUT2D eigenvalue weighted by Crippen LogP contribution is 2.19. The molecule has 2 heterocycles. The zero-order chi connectivity index (χ0) is 15.2. The van der Waals surface area contributed by atoms with Crippen LogP contribution in [0.4, 0.5) is 6.01 Å². The average Bonchev–Trinajstić information content (AvgIpc) is 3.19. The molecule has 2 aromatic heterocycles. The minimum Gasteiger partial charge on any atom is -0.493 e. The number of hydrogen-bond donors (Lipinski definition) is 1. The van der Waals surface area contributed by atoms with Gasteiger partial charge in [-0.15, -0.1) is 5.10 Å². The third-order valence-electron chi connectivity index (χ3n) is 2.74. The first-order valence-corrected chi connectivity index (χ1v) is 6.66. The number of furan rings is 1. The summed E-state index contributed by atoms with van der Waals surface area (Å²) < 4.78 is 15.8. The minimum atomic E-state index is -0.273. The van der Waals surface area contributed by atoms with Crippen molar-refractivity contribution in [2.75, 3.05) is 11.9 Å². The molecule has 7 nitrogen and oxygen atoms in total. The van der Waals surface area contributed by atoms with E-state index in [0.717, 1.165) is 0 Å². The molecule has 0 saturated carbocycles. The van der Waals surface area contributed by atoms with Crippen molar-refractivity contribution in [3.05, 3.63) is 48.7 Å². The Kier molecular flexibility index (Phi) is 4.15. The summed E-state index contributed by atoms with van der Waals surface area (Å²) in [6.07, 6.45) is 1.67. The summed E-state index contributed by atoms with van der Waals surface area (Å²) in [5.74, 6) is 1.10. The molecule has 112 valence electrons. The first-order valence-electron chi connectivity index (χ1n) is 6.66. The zero-order valence-electron chi connectivity index (χ0n) is 11.6. The molecule has 0 radical (unpaired) electrons. The number of ether oxygens (including phenoxy) is 1. The van der Waals surface area contributed by atoms with Crippen LogP contribution in [-0.4, -0.2) is 22.7 Å². The molecule has 3 aromatic rings. The number of carbonyl (C=O) groups excluding carboxylic acids is 1. The number of aromatic nitrogens is 2. The fourth-order valence-electron chi connectivity index (χ4n) is 1.73. The van der Waals surface area contributed by atoms with Gasteiger partial charge in [-0.3, -0.25) is 10.1 Å². The number of anilines is 1. The van der Waals surface area contributed by atoms with E-state index in [2.05, 4.69) is 15.5 Å². The quantitative estimate of drug-likeness (QED) is 0.752. The third kappa shape index (κ3) is 3.51. The summed E-state index contributed by atoms with van der Waals surface area (Å²) in [5.41, 5.74) is 0. The molecule has 0 bridgehead atoms. The van der Waals surface area contributed by atoms with Gasteiger partial charge in [-0.2, -0.15) is 0 Å². The fraction of sp³-hybridized carbons (Fsp3) is 0.133. The van der Waals surface area contributed by atoms with E-state index in [-0.39, 0.29) is 30.8 Å². The number of hydrogen-bond acceptors (Lipinski definition) is 6. The lowest BCUT2D eigenvalue weighted by Gasteiger charge is -2.04. The van der Waals surface area contributed by atoms with Crippen molar-refractivity contribution in [2.45, 2.75) is 6.42 Å². The molecular weight excluding hydrogens is 286 g/mol. The van der Waals surface area contributed by atoms with E-state index in [1.807, 2.05) is 30.3 Å². The first-order chi connectivity index (χ1) is 10.8. The van der Waals surface area contributed by atoms with E-state index in [9.17, 15) is 4.79 Å². The molecule has 0 saturated heterocycles. The molecule has 22 heavy (non-hydrogen) atoms. The number of amides is 1. The van der Waals surface area contributed by atoms with E-state index < -0.39 is 0 Å². The maximum absolute atomic E-state index is 11.8. The normalized spacial score (nSPS) is 10.4. The van der Waals surface area contributed by atoms with E-state index in [0.29, 0.717) is 11.5 Å². The number of nitrogens with one attached hydrogen (secondary N) is 1. The van der Waals surface area contributed by atoms with Crippen molar-refractivity contribution in [1.82, 2.24) is 10.2 Å². The van der Waals surface area contributed by atoms with Crippen molar-refractivity contribution >= 4 is 11.9 Å². The zero-order valence-corrected chi connectivity index (χ0v) is 11.6. The monoisotopic (exact) mass is 299 g/mol. The number of benzene rings is 1. The van der Waals surface area contributed by atoms with Gasteiger partial charge in [0.1, 0.15) is 5.75 Å². The van der Waals surface area contributed by atoms with Gasteiger partial charge < -0.3 is 13.6 Å². The Bertz CT molecular complexity index is 722. The Morgan fingerprint density at radius 2 is 2.00 bits per heavy atom. The topological polar surface area (TPSA) is 90.4 Å². The van der Waals surface area contributed by atoms with Gasteiger partial charge in [0.05, 0.1) is 19.3 Å². The van der Waals surface area contributed by atoms with Crippen molar-refractivity contribution in [2.24, 2.45) is 0 Å². The molecule has 0 aliphatic carbocycles. The van der Waals surface area contributed by atoms with Crippen LogP contribution in [0, 0.1) is 0 Å². The molecular formula is C15H13N3O4. The van der Waals surface area contributed by atoms with E-state index >= 15 is 0 Å². The average molecular weight is 299 g/mol. The third-order valence-corrected chi connectivity index (χ3v) is 2.74. The molecule has 0 unspecified atom stereocenters. The van der Waals surface area contributed by atoms with Gasteiger partial charge in [0.15, 0.2) is 5.76 Å². The van der Waals surface area contributed by atoms with Crippen LogP contribution in [-0.2, 0) is 4.79 Å². The Balaban J connectivity index is 1.48. The molecule has 1 aromatic carbocycles. The number of nitrogens with zero attached hydrogens (tertiary/aromatic N) is 2. The minimum absolute atomic E-state index is 0.0242. The summed E-state index contributed by atoms with van der Waals surface area (Å²) >= 11 is 0. The highest BCUT2D eigenvalue weighted by Gasteiger charge is 2.12. The van der Waals surface area contributed by atoms with Crippen molar-refractivity contribution in [3.8, 4) is 17.4 Å². The van der Waals surface area contributed by atoms with Crippen LogP contribution in [0.5, 0.6) is 5.75 Å². The van der Waals surface area contributed by atoms with Crippen LogP contribution >= 0.6 is 0 Å². The number of carbonyl (C=O) groups is 1. The number of para-hydroxylation sites is 1. The van der Waals surface area contributed by atoms with Crippen LogP contribution in [0.1, 0.15) is 6.42 Å². The maximum Gasteiger partial charge on any atom is 0.322 e. The van der Waals surface area contributed by atoms with E-state index in [1.54, 1.807) is 12.1 Å². The Hall–Kier alpha value is -3.09. The Morgan fingerprint density at radius 3 is 2.77 bits per heavy atom. The molecule has 1 N–H and O–H groups in total. The lowest BCUT2D eigenvalue weighted by atomic mass is 10.3. The maximum atomic E-state index is 11.8. The van der Waals surface area contributed by atoms with E-state index in [4.69, 9.17) is 13.6 Å². The van der Waals surface area contributed by atoms with Gasteiger partial charge in [0.2, 0.25) is 5.91 Å². The Morgan fingerprint density at radius 1 is 1.14 bits per heavy atom. The SMILES string of the molecule is O=C(CCOc1ccccc1)Nc1nnc(-c2ccco2)o1. The second-order valence-corrected chi connectivity index (χ2v) is 4.35. The molecule has 3 rings (SSSR count). The lowest BCUT2D eigenvalue weighted by molar-refractivity contribution is -0.116. The lowest BCUT2D eigenvalue weighted by Crippen LogP contribution is -2.15. The standard InChI is InChI=1S/C15H13N3O4/c19-13(8-10-20-11-5-2-1-3-6-11)16-15-18-17-14(22-15)12-7-4-9-21-12/h1-7,9H,8,10H2,(H,16,18,19). The van der Waals surface area contributed by atoms with Crippen LogP contribution in [0.2, 0.25) is 0 Å². The molecule has 0 spiro atoms. The summed E-state index contributed by atoms with van der Waals surface area (Å²) in [6, 6.07) is 12.7. The molecule has 0 aliphatic rings. The first kappa shape index (κ1) is 13.9. The van der Waals surface area contributed by atoms with Gasteiger partial charge >= 0.3 is 6.01 Å². The van der Waals surface area contributed by atoms with Gasteiger partial charge in [0, 0.05) is 0 Å². The van der Waals surface area contributed by atoms with Crippen LogP contribution in [0.25, 0.3) is 11.7 Å². The van der Waals surface area contributed by atoms with Gasteiger partial charge in [-0.1, -0.05) is 23.3 Å². The Labute approximate surface area is 125 Å². The summed E-state index contributed by atoms with van der Waals surface area (Å²) in [5, 5.41) is 10.0. The van der Waals surface area contributed by atoms with Crippen molar-refractivity contribution in [1.29, 1.82) is 0 Å². The van der Waals surface area contributed by atoms with Gasteiger partial charge in [0.25, 0.3) is 5.89 Å². The molecule has 7 heteroatoms. The van der Waals surface area contributed by atoms with Gasteiger partial charge in [-0.05, 0) is 24.3 Å². The predicted molar refractivity (Wildman–Crippen MR) is 77.2 cm³/mol. The van der Waals surface area contributed by atoms with Crippen LogP contribution < -0.4 is 10.1 Å². The molecule has 0 atom stereocenters. The molecule has 0 fully saturated rings. The largest absolute Gasteiger partial charge is 0.493 e. The van der Waals surface area contributed by atoms with E-state index in [1.165, 1.54) is 6.26 Å². The summed E-state index contributed by atoms with van der Waals surface area (Å²) in [4.78, 5) is 11.8. The molecule has 1 amide bonds. The second-order valence-electron chi connectivity index (χ2n) is 4.35. The number of rotatable bonds is 6. The smallest absolute Gasteiger partial charge is 0.322 e. The van der Waals surface area contributed by atoms with Crippen molar-refractivity contribution < 1.29 is 18.4 Å². The molecule has 0 aliphatic heterocycles. The van der Waals surface area contributed by atoms with Gasteiger partial charge in [-0.25, -0.2) is 0 Å². The summed E-state index contributed by atoms with van der Waals surface area (Å²) in [6.45, 7) is 0.259. The highest BCUT2D eigenvalue weighted by atomic mass is 16.5. The second kappa shape index (κ2) is 6.57. The highest BCUT2D eigenvalue weighted by molar-refractivity contribution is 5.88. The van der Waals surface area contributed by atoms with Crippen molar-refractivity contribution in [3.63, 3.8) is 0 Å². The van der Waals surface area contributed by atoms with Crippen LogP contribution in [0.3, 0.4) is 0 Å². The van der Waals surface area contributed by atoms with Crippen LogP contribution in [0.15, 0.2) is 57.6 Å². The summed E-state index contributed by atoms with van der Waals surface area (Å²) in [7, 11) is 0.